The molecule has 2 aromatic rings. The maximum Gasteiger partial charge on any atom is 0.228 e. The van der Waals surface area contributed by atoms with Gasteiger partial charge in [-0.25, -0.2) is 0 Å². The minimum absolute atomic E-state index is 0.0225. The number of anilines is 1. The van der Waals surface area contributed by atoms with Crippen molar-refractivity contribution in [1.82, 2.24) is 0 Å². The zero-order valence-electron chi connectivity index (χ0n) is 12.7. The van der Waals surface area contributed by atoms with Crippen LogP contribution < -0.4 is 4.90 Å². The third-order valence-electron chi connectivity index (χ3n) is 4.20. The van der Waals surface area contributed by atoms with Gasteiger partial charge in [-0.2, -0.15) is 0 Å². The highest BCUT2D eigenvalue weighted by molar-refractivity contribution is 6.03. The van der Waals surface area contributed by atoms with E-state index >= 15 is 0 Å². The van der Waals surface area contributed by atoms with E-state index in [1.165, 1.54) is 0 Å². The molecule has 0 spiro atoms. The Morgan fingerprint density at radius 2 is 1.77 bits per heavy atom. The zero-order valence-corrected chi connectivity index (χ0v) is 12.7. The molecule has 1 heterocycles. The number of hydrogen-bond acceptors (Lipinski definition) is 2. The van der Waals surface area contributed by atoms with Crippen LogP contribution in [0.25, 0.3) is 0 Å². The molecule has 2 aromatic carbocycles. The lowest BCUT2D eigenvalue weighted by atomic mass is 9.85. The van der Waals surface area contributed by atoms with Crippen LogP contribution in [-0.2, 0) is 16.1 Å². The first-order valence-corrected chi connectivity index (χ1v) is 7.66. The lowest BCUT2D eigenvalue weighted by molar-refractivity contribution is -0.125. The molecule has 0 aromatic heterocycles. The van der Waals surface area contributed by atoms with Crippen molar-refractivity contribution in [2.24, 2.45) is 0 Å². The Morgan fingerprint density at radius 1 is 1.09 bits per heavy atom. The molecule has 0 unspecified atom stereocenters. The lowest BCUT2D eigenvalue weighted by Gasteiger charge is -2.33. The van der Waals surface area contributed by atoms with Crippen molar-refractivity contribution in [2.45, 2.75) is 32.2 Å². The van der Waals surface area contributed by atoms with Crippen molar-refractivity contribution in [3.63, 3.8) is 0 Å². The standard InChI is InChI=1S/C19H19NO2/c1-2-18(21)16-12-19(22)20(13-14-8-4-3-5-9-14)17-11-7-6-10-15(16)17/h3-11,16H,2,12-13H2,1H3/t16-/m0/s1. The van der Waals surface area contributed by atoms with Gasteiger partial charge >= 0.3 is 0 Å². The molecule has 112 valence electrons. The van der Waals surface area contributed by atoms with Gasteiger partial charge in [0.15, 0.2) is 0 Å². The van der Waals surface area contributed by atoms with Gasteiger partial charge in [0, 0.05) is 18.5 Å². The van der Waals surface area contributed by atoms with Crippen molar-refractivity contribution in [1.29, 1.82) is 0 Å². The number of benzene rings is 2. The molecule has 0 N–H and O–H groups in total. The topological polar surface area (TPSA) is 37.4 Å². The summed E-state index contributed by atoms with van der Waals surface area (Å²) in [5.74, 6) is -0.129. The Hall–Kier alpha value is -2.42. The average molecular weight is 293 g/mol. The fraction of sp³-hybridized carbons (Fsp3) is 0.263. The summed E-state index contributed by atoms with van der Waals surface area (Å²) in [6.45, 7) is 2.40. The van der Waals surface area contributed by atoms with Crippen molar-refractivity contribution < 1.29 is 9.59 Å². The van der Waals surface area contributed by atoms with E-state index in [9.17, 15) is 9.59 Å². The van der Waals surface area contributed by atoms with Crippen LogP contribution >= 0.6 is 0 Å². The van der Waals surface area contributed by atoms with Crippen LogP contribution in [0.15, 0.2) is 54.6 Å². The van der Waals surface area contributed by atoms with Gasteiger partial charge in [0.25, 0.3) is 0 Å². The number of Topliss-reactive ketones (excluding diaryl/α,β-unsaturated/α-hetero) is 1. The number of rotatable bonds is 4. The summed E-state index contributed by atoms with van der Waals surface area (Å²) in [5, 5.41) is 0. The molecular weight excluding hydrogens is 274 g/mol. The first-order chi connectivity index (χ1) is 10.7. The van der Waals surface area contributed by atoms with Gasteiger partial charge in [-0.15, -0.1) is 0 Å². The maximum absolute atomic E-state index is 12.6. The first-order valence-electron chi connectivity index (χ1n) is 7.66. The summed E-state index contributed by atoms with van der Waals surface area (Å²) in [6.07, 6.45) is 0.738. The highest BCUT2D eigenvalue weighted by Crippen LogP contribution is 2.37. The fourth-order valence-corrected chi connectivity index (χ4v) is 3.03. The van der Waals surface area contributed by atoms with Crippen LogP contribution in [0.5, 0.6) is 0 Å². The molecule has 0 aliphatic carbocycles. The molecule has 1 aliphatic heterocycles. The van der Waals surface area contributed by atoms with Gasteiger partial charge in [0.05, 0.1) is 12.5 Å². The Kier molecular flexibility index (Phi) is 4.05. The monoisotopic (exact) mass is 293 g/mol. The summed E-state index contributed by atoms with van der Waals surface area (Å²) in [4.78, 5) is 26.5. The first kappa shape index (κ1) is 14.5. The maximum atomic E-state index is 12.6. The number of ketones is 1. The Labute approximate surface area is 130 Å². The van der Waals surface area contributed by atoms with Gasteiger partial charge in [-0.3, -0.25) is 9.59 Å². The Morgan fingerprint density at radius 3 is 2.50 bits per heavy atom. The number of carbonyl (C=O) groups is 2. The largest absolute Gasteiger partial charge is 0.308 e. The highest BCUT2D eigenvalue weighted by Gasteiger charge is 2.34. The predicted molar refractivity (Wildman–Crippen MR) is 86.7 cm³/mol. The summed E-state index contributed by atoms with van der Waals surface area (Å²) in [7, 11) is 0. The summed E-state index contributed by atoms with van der Waals surface area (Å²) in [5.41, 5.74) is 2.94. The molecule has 0 saturated heterocycles. The molecule has 0 bridgehead atoms. The number of nitrogens with zero attached hydrogens (tertiary/aromatic N) is 1. The third-order valence-corrected chi connectivity index (χ3v) is 4.20. The quantitative estimate of drug-likeness (QED) is 0.862. The molecule has 3 nitrogen and oxygen atoms in total. The van der Waals surface area contributed by atoms with Crippen LogP contribution in [0.3, 0.4) is 0 Å². The van der Waals surface area contributed by atoms with E-state index in [0.29, 0.717) is 13.0 Å². The summed E-state index contributed by atoms with van der Waals surface area (Å²) >= 11 is 0. The van der Waals surface area contributed by atoms with Crippen molar-refractivity contribution in [3.8, 4) is 0 Å². The van der Waals surface area contributed by atoms with E-state index in [1.54, 1.807) is 4.90 Å². The molecule has 22 heavy (non-hydrogen) atoms. The average Bonchev–Trinajstić information content (AvgIpc) is 2.57. The SMILES string of the molecule is CCC(=O)[C@H]1CC(=O)N(Cc2ccccc2)c2ccccc21. The second-order valence-corrected chi connectivity index (χ2v) is 5.60. The molecule has 3 heteroatoms. The van der Waals surface area contributed by atoms with E-state index in [2.05, 4.69) is 0 Å². The molecule has 1 amide bonds. The summed E-state index contributed by atoms with van der Waals surface area (Å²) in [6, 6.07) is 17.7. The molecule has 1 atom stereocenters. The minimum Gasteiger partial charge on any atom is -0.308 e. The molecule has 0 radical (unpaired) electrons. The van der Waals surface area contributed by atoms with Crippen molar-refractivity contribution in [2.75, 3.05) is 4.90 Å². The van der Waals surface area contributed by atoms with E-state index in [0.717, 1.165) is 16.8 Å². The second kappa shape index (κ2) is 6.14. The number of hydrogen-bond donors (Lipinski definition) is 0. The van der Waals surface area contributed by atoms with Crippen LogP contribution in [0, 0.1) is 0 Å². The number of carbonyl (C=O) groups excluding carboxylic acids is 2. The second-order valence-electron chi connectivity index (χ2n) is 5.60. The molecular formula is C19H19NO2. The van der Waals surface area contributed by atoms with E-state index in [-0.39, 0.29) is 24.0 Å². The smallest absolute Gasteiger partial charge is 0.228 e. The highest BCUT2D eigenvalue weighted by atomic mass is 16.2. The molecule has 0 fully saturated rings. The Balaban J connectivity index is 1.98. The van der Waals surface area contributed by atoms with Gasteiger partial charge in [0.1, 0.15) is 5.78 Å². The van der Waals surface area contributed by atoms with E-state index < -0.39 is 0 Å². The van der Waals surface area contributed by atoms with Crippen molar-refractivity contribution in [3.05, 3.63) is 65.7 Å². The lowest BCUT2D eigenvalue weighted by Crippen LogP contribution is -2.37. The molecule has 1 aliphatic rings. The van der Waals surface area contributed by atoms with E-state index in [4.69, 9.17) is 0 Å². The van der Waals surface area contributed by atoms with Crippen LogP contribution in [-0.4, -0.2) is 11.7 Å². The van der Waals surface area contributed by atoms with Gasteiger partial charge < -0.3 is 4.90 Å². The number of amides is 1. The van der Waals surface area contributed by atoms with Crippen molar-refractivity contribution >= 4 is 17.4 Å². The van der Waals surface area contributed by atoms with Crippen LogP contribution in [0.2, 0.25) is 0 Å². The van der Waals surface area contributed by atoms with E-state index in [1.807, 2.05) is 61.5 Å². The normalized spacial score (nSPS) is 17.2. The Bertz CT molecular complexity index is 694. The van der Waals surface area contributed by atoms with Gasteiger partial charge in [0.2, 0.25) is 5.91 Å². The molecule has 0 saturated carbocycles. The fourth-order valence-electron chi connectivity index (χ4n) is 3.03. The minimum atomic E-state index is -0.291. The van der Waals surface area contributed by atoms with Crippen LogP contribution in [0.4, 0.5) is 5.69 Å². The molecule has 3 rings (SSSR count). The van der Waals surface area contributed by atoms with Gasteiger partial charge in [-0.05, 0) is 17.2 Å². The zero-order chi connectivity index (χ0) is 15.5. The number of para-hydroxylation sites is 1. The van der Waals surface area contributed by atoms with Gasteiger partial charge in [-0.1, -0.05) is 55.5 Å². The third kappa shape index (κ3) is 2.67. The van der Waals surface area contributed by atoms with Crippen LogP contribution in [0.1, 0.15) is 36.8 Å². The summed E-state index contributed by atoms with van der Waals surface area (Å²) < 4.78 is 0. The number of fused-ring (bicyclic) bond motifs is 1. The predicted octanol–water partition coefficient (Wildman–Crippen LogP) is 3.69.